The van der Waals surface area contributed by atoms with Crippen molar-refractivity contribution in [3.63, 3.8) is 0 Å². The van der Waals surface area contributed by atoms with Crippen LogP contribution in [0.15, 0.2) is 73.5 Å². The first-order valence-electron chi connectivity index (χ1n) is 11.0. The van der Waals surface area contributed by atoms with Gasteiger partial charge < -0.3 is 14.8 Å². The molecule has 0 spiro atoms. The Morgan fingerprint density at radius 3 is 2.70 bits per heavy atom. The first-order chi connectivity index (χ1) is 16.0. The zero-order valence-electron chi connectivity index (χ0n) is 18.2. The van der Waals surface area contributed by atoms with Gasteiger partial charge >= 0.3 is 0 Å². The molecule has 3 aromatic rings. The second-order valence-electron chi connectivity index (χ2n) is 8.51. The minimum absolute atomic E-state index is 0.0736. The monoisotopic (exact) mass is 440 g/mol. The van der Waals surface area contributed by atoms with Crippen molar-refractivity contribution in [2.24, 2.45) is 0 Å². The molecule has 1 fully saturated rings. The highest BCUT2D eigenvalue weighted by atomic mass is 16.2. The molecule has 3 heterocycles. The van der Waals surface area contributed by atoms with Crippen molar-refractivity contribution >= 4 is 17.6 Å². The van der Waals surface area contributed by atoms with Crippen LogP contribution >= 0.6 is 0 Å². The molecule has 2 aromatic carbocycles. The van der Waals surface area contributed by atoms with E-state index >= 15 is 0 Å². The van der Waals surface area contributed by atoms with Gasteiger partial charge in [0.1, 0.15) is 6.04 Å². The number of nitrogens with one attached hydrogen (secondary N) is 1. The molecule has 1 N–H and O–H groups in total. The quantitative estimate of drug-likeness (QED) is 0.595. The Labute approximate surface area is 191 Å². The summed E-state index contributed by atoms with van der Waals surface area (Å²) in [5.74, 6) is -0.208. The molecule has 2 aliphatic heterocycles. The molecule has 1 atom stereocenters. The summed E-state index contributed by atoms with van der Waals surface area (Å²) in [5.41, 5.74) is 4.88. The standard InChI is InChI=1S/C26H24N4O3/c1-17-2-10-23(25(32)28-17)30-15-20-14-18(3-9-22(20)26(30)33)4-11-24(31)19-5-7-21(8-6-19)29-13-12-27-16-29/h3,5-9,12-14,16,23H,1-2,4,10-11,15H2,(H,28,32). The normalized spacial score (nSPS) is 17.8. The van der Waals surface area contributed by atoms with E-state index in [1.165, 1.54) is 0 Å². The second kappa shape index (κ2) is 8.50. The zero-order valence-corrected chi connectivity index (χ0v) is 18.2. The summed E-state index contributed by atoms with van der Waals surface area (Å²) in [5, 5.41) is 2.76. The molecule has 5 rings (SSSR count). The van der Waals surface area contributed by atoms with Gasteiger partial charge in [0.15, 0.2) is 5.78 Å². The molecule has 0 radical (unpaired) electrons. The Bertz CT molecular complexity index is 1250. The van der Waals surface area contributed by atoms with Gasteiger partial charge in [0.25, 0.3) is 5.91 Å². The molecule has 1 unspecified atom stereocenters. The fraction of sp³-hybridized carbons (Fsp3) is 0.231. The number of carbonyl (C=O) groups is 3. The molecule has 0 saturated carbocycles. The van der Waals surface area contributed by atoms with Crippen molar-refractivity contribution in [1.82, 2.24) is 19.8 Å². The first kappa shape index (κ1) is 20.9. The summed E-state index contributed by atoms with van der Waals surface area (Å²) in [6.07, 6.45) is 7.52. The molecule has 0 bridgehead atoms. The number of fused-ring (bicyclic) bond motifs is 1. The van der Waals surface area contributed by atoms with Gasteiger partial charge in [-0.1, -0.05) is 18.7 Å². The molecule has 166 valence electrons. The number of benzene rings is 2. The van der Waals surface area contributed by atoms with Crippen LogP contribution in [0.2, 0.25) is 0 Å². The fourth-order valence-electron chi connectivity index (χ4n) is 4.50. The Balaban J connectivity index is 1.23. The second-order valence-corrected chi connectivity index (χ2v) is 8.51. The van der Waals surface area contributed by atoms with Crippen LogP contribution < -0.4 is 5.32 Å². The van der Waals surface area contributed by atoms with E-state index in [1.807, 2.05) is 53.2 Å². The van der Waals surface area contributed by atoms with Gasteiger partial charge in [0.05, 0.1) is 6.33 Å². The largest absolute Gasteiger partial charge is 0.329 e. The lowest BCUT2D eigenvalue weighted by Gasteiger charge is -2.30. The number of nitrogens with zero attached hydrogens (tertiary/aromatic N) is 3. The molecule has 2 aliphatic rings. The van der Waals surface area contributed by atoms with Crippen molar-refractivity contribution in [3.8, 4) is 5.69 Å². The summed E-state index contributed by atoms with van der Waals surface area (Å²) in [7, 11) is 0. The number of Topliss-reactive ketones (excluding diaryl/α,β-unsaturated/α-hetero) is 1. The number of ketones is 1. The van der Waals surface area contributed by atoms with Crippen molar-refractivity contribution in [3.05, 3.63) is 95.7 Å². The molecular weight excluding hydrogens is 416 g/mol. The lowest BCUT2D eigenvalue weighted by Crippen LogP contribution is -2.49. The molecule has 1 aromatic heterocycles. The number of rotatable bonds is 6. The van der Waals surface area contributed by atoms with Gasteiger partial charge in [-0.3, -0.25) is 14.4 Å². The Hall–Kier alpha value is -4.00. The number of hydrogen-bond acceptors (Lipinski definition) is 4. The summed E-state index contributed by atoms with van der Waals surface area (Å²) in [6.45, 7) is 4.21. The van der Waals surface area contributed by atoms with Gasteiger partial charge in [0.2, 0.25) is 5.91 Å². The number of piperidine rings is 1. The van der Waals surface area contributed by atoms with Gasteiger partial charge in [-0.05, 0) is 60.7 Å². The van der Waals surface area contributed by atoms with Crippen LogP contribution in [0, 0.1) is 0 Å². The summed E-state index contributed by atoms with van der Waals surface area (Å²) in [4.78, 5) is 43.6. The predicted octanol–water partition coefficient (Wildman–Crippen LogP) is 3.44. The number of imidazole rings is 1. The smallest absolute Gasteiger partial charge is 0.255 e. The lowest BCUT2D eigenvalue weighted by molar-refractivity contribution is -0.126. The number of amides is 2. The third-order valence-electron chi connectivity index (χ3n) is 6.33. The number of carbonyl (C=O) groups excluding carboxylic acids is 3. The topological polar surface area (TPSA) is 84.3 Å². The van der Waals surface area contributed by atoms with E-state index in [0.717, 1.165) is 16.8 Å². The van der Waals surface area contributed by atoms with Gasteiger partial charge in [-0.2, -0.15) is 0 Å². The van der Waals surface area contributed by atoms with Gasteiger partial charge in [0, 0.05) is 47.9 Å². The maximum absolute atomic E-state index is 12.9. The lowest BCUT2D eigenvalue weighted by atomic mass is 9.99. The molecule has 33 heavy (non-hydrogen) atoms. The molecule has 2 amide bonds. The van der Waals surface area contributed by atoms with E-state index in [0.29, 0.717) is 49.1 Å². The maximum atomic E-state index is 12.9. The van der Waals surface area contributed by atoms with Crippen molar-refractivity contribution in [1.29, 1.82) is 0 Å². The Kier molecular flexibility index (Phi) is 5.38. The van der Waals surface area contributed by atoms with Crippen molar-refractivity contribution in [2.45, 2.75) is 38.3 Å². The summed E-state index contributed by atoms with van der Waals surface area (Å²) >= 11 is 0. The van der Waals surface area contributed by atoms with E-state index in [1.54, 1.807) is 17.4 Å². The van der Waals surface area contributed by atoms with E-state index in [-0.39, 0.29) is 17.6 Å². The maximum Gasteiger partial charge on any atom is 0.255 e. The average Bonchev–Trinajstić information content (AvgIpc) is 3.46. The summed E-state index contributed by atoms with van der Waals surface area (Å²) < 4.78 is 1.89. The van der Waals surface area contributed by atoms with Crippen LogP contribution in [0.4, 0.5) is 0 Å². The fourth-order valence-corrected chi connectivity index (χ4v) is 4.50. The predicted molar refractivity (Wildman–Crippen MR) is 123 cm³/mol. The van der Waals surface area contributed by atoms with Crippen molar-refractivity contribution < 1.29 is 14.4 Å². The van der Waals surface area contributed by atoms with Crippen molar-refractivity contribution in [2.75, 3.05) is 0 Å². The first-order valence-corrected chi connectivity index (χ1v) is 11.0. The van der Waals surface area contributed by atoms with Gasteiger partial charge in [-0.15, -0.1) is 0 Å². The zero-order chi connectivity index (χ0) is 22.9. The van der Waals surface area contributed by atoms with Crippen LogP contribution in [-0.2, 0) is 17.8 Å². The summed E-state index contributed by atoms with van der Waals surface area (Å²) in [6, 6.07) is 12.7. The number of aryl methyl sites for hydroxylation is 1. The van der Waals surface area contributed by atoms with Gasteiger partial charge in [-0.25, -0.2) is 4.98 Å². The molecule has 7 nitrogen and oxygen atoms in total. The average molecular weight is 441 g/mol. The third kappa shape index (κ3) is 4.09. The van der Waals surface area contributed by atoms with E-state index in [9.17, 15) is 14.4 Å². The number of allylic oxidation sites excluding steroid dienone is 1. The van der Waals surface area contributed by atoms with Crippen LogP contribution in [0.25, 0.3) is 5.69 Å². The van der Waals surface area contributed by atoms with Crippen LogP contribution in [0.5, 0.6) is 0 Å². The molecule has 1 saturated heterocycles. The highest BCUT2D eigenvalue weighted by Gasteiger charge is 2.38. The van der Waals surface area contributed by atoms with E-state index < -0.39 is 6.04 Å². The number of hydrogen-bond donors (Lipinski definition) is 1. The van der Waals surface area contributed by atoms with Crippen LogP contribution in [0.3, 0.4) is 0 Å². The SMILES string of the molecule is C=C1CCC(N2Cc3cc(CCC(=O)c4ccc(-n5ccnc5)cc4)ccc3C2=O)C(=O)N1. The molecule has 0 aliphatic carbocycles. The van der Waals surface area contributed by atoms with E-state index in [4.69, 9.17) is 0 Å². The Morgan fingerprint density at radius 1 is 1.15 bits per heavy atom. The highest BCUT2D eigenvalue weighted by molar-refractivity contribution is 6.01. The Morgan fingerprint density at radius 2 is 1.97 bits per heavy atom. The highest BCUT2D eigenvalue weighted by Crippen LogP contribution is 2.29. The molecule has 7 heteroatoms. The third-order valence-corrected chi connectivity index (χ3v) is 6.33. The molecular formula is C26H24N4O3. The minimum Gasteiger partial charge on any atom is -0.329 e. The minimum atomic E-state index is -0.467. The number of aromatic nitrogens is 2. The van der Waals surface area contributed by atoms with Crippen LogP contribution in [-0.4, -0.2) is 38.1 Å². The van der Waals surface area contributed by atoms with E-state index in [2.05, 4.69) is 16.9 Å². The van der Waals surface area contributed by atoms with Crippen LogP contribution in [0.1, 0.15) is 51.1 Å².